The topological polar surface area (TPSA) is 137 Å². The van der Waals surface area contributed by atoms with Crippen molar-refractivity contribution >= 4 is 40.9 Å². The average molecular weight is 459 g/mol. The number of esters is 1. The second kappa shape index (κ2) is 16.7. The minimum Gasteiger partial charge on any atom is -0.422 e. The zero-order valence-electron chi connectivity index (χ0n) is 20.1. The summed E-state index contributed by atoms with van der Waals surface area (Å²) >= 11 is 0. The fraction of sp³-hybridized carbons (Fsp3) is 0.640. The molecule has 0 bridgehead atoms. The summed E-state index contributed by atoms with van der Waals surface area (Å²) in [7, 11) is 0. The molecule has 0 aliphatic rings. The third-order valence-corrected chi connectivity index (χ3v) is 5.67. The molecule has 8 nitrogen and oxygen atoms in total. The first kappa shape index (κ1) is 28.1. The third-order valence-electron chi connectivity index (χ3n) is 5.67. The predicted octanol–water partition coefficient (Wildman–Crippen LogP) is 6.34. The Bertz CT molecular complexity index is 857. The molecular weight excluding hydrogens is 420 g/mol. The van der Waals surface area contributed by atoms with E-state index in [9.17, 15) is 14.4 Å². The molecule has 0 aliphatic heterocycles. The number of nitrogens with two attached hydrogens (primary N) is 2. The van der Waals surface area contributed by atoms with E-state index in [1.165, 1.54) is 76.9 Å². The maximum atomic E-state index is 11.5. The number of ether oxygens (including phenoxy) is 1. The van der Waals surface area contributed by atoms with Crippen LogP contribution in [0.5, 0.6) is 5.75 Å². The number of nitrogens with zero attached hydrogens (tertiary/aromatic N) is 2. The second-order valence-corrected chi connectivity index (χ2v) is 8.32. The van der Waals surface area contributed by atoms with Gasteiger partial charge in [-0.25, -0.2) is 9.59 Å². The van der Waals surface area contributed by atoms with Crippen LogP contribution in [0.15, 0.2) is 9.98 Å². The van der Waals surface area contributed by atoms with Crippen LogP contribution >= 0.6 is 0 Å². The number of carbonyl (C=O) groups excluding carboxylic acids is 3. The number of benzene rings is 1. The van der Waals surface area contributed by atoms with Gasteiger partial charge in [0.05, 0.1) is 5.69 Å². The Labute approximate surface area is 196 Å². The largest absolute Gasteiger partial charge is 0.422 e. The van der Waals surface area contributed by atoms with Gasteiger partial charge in [0.15, 0.2) is 5.75 Å². The van der Waals surface area contributed by atoms with Crippen molar-refractivity contribution < 1.29 is 19.1 Å². The van der Waals surface area contributed by atoms with Crippen molar-refractivity contribution in [3.8, 4) is 5.75 Å². The van der Waals surface area contributed by atoms with Gasteiger partial charge < -0.3 is 16.2 Å². The maximum Gasteiger partial charge on any atom is 0.308 e. The molecule has 0 saturated heterocycles. The van der Waals surface area contributed by atoms with Crippen molar-refractivity contribution in [3.63, 3.8) is 0 Å². The molecule has 0 atom stereocenters. The summed E-state index contributed by atoms with van der Waals surface area (Å²) < 4.78 is 5.15. The van der Waals surface area contributed by atoms with Gasteiger partial charge in [-0.15, -0.1) is 0 Å². The Balaban J connectivity index is 2.63. The number of unbranched alkanes of at least 4 members (excludes halogenated alkanes) is 12. The van der Waals surface area contributed by atoms with Crippen molar-refractivity contribution in [2.75, 3.05) is 11.5 Å². The van der Waals surface area contributed by atoms with Gasteiger partial charge in [0.25, 0.3) is 0 Å². The average Bonchev–Trinajstić information content (AvgIpc) is 2.79. The molecule has 1 rings (SSSR count). The number of hydrogen-bond acceptors (Lipinski definition) is 8. The van der Waals surface area contributed by atoms with Crippen LogP contribution in [0.1, 0.15) is 103 Å². The number of isocyanates is 2. The normalized spacial score (nSPS) is 10.4. The van der Waals surface area contributed by atoms with Crippen LogP contribution in [0.3, 0.4) is 0 Å². The number of anilines is 2. The van der Waals surface area contributed by atoms with E-state index in [0.29, 0.717) is 12.0 Å². The van der Waals surface area contributed by atoms with Gasteiger partial charge in [-0.3, -0.25) is 4.79 Å². The first-order valence-electron chi connectivity index (χ1n) is 12.1. The van der Waals surface area contributed by atoms with Crippen LogP contribution in [-0.4, -0.2) is 18.1 Å². The summed E-state index contributed by atoms with van der Waals surface area (Å²) in [6, 6.07) is 0. The van der Waals surface area contributed by atoms with Crippen LogP contribution in [0.4, 0.5) is 22.7 Å². The van der Waals surface area contributed by atoms with Gasteiger partial charge in [-0.05, 0) is 12.8 Å². The Hall–Kier alpha value is -2.95. The predicted molar refractivity (Wildman–Crippen MR) is 132 cm³/mol. The molecule has 0 aliphatic carbocycles. The van der Waals surface area contributed by atoms with Crippen LogP contribution < -0.4 is 16.2 Å². The highest BCUT2D eigenvalue weighted by molar-refractivity contribution is 5.94. The summed E-state index contributed by atoms with van der Waals surface area (Å²) in [6.45, 7) is 3.44. The molecule has 33 heavy (non-hydrogen) atoms. The van der Waals surface area contributed by atoms with E-state index in [0.717, 1.165) is 25.7 Å². The monoisotopic (exact) mass is 458 g/mol. The van der Waals surface area contributed by atoms with Gasteiger partial charge >= 0.3 is 5.97 Å². The van der Waals surface area contributed by atoms with E-state index in [1.807, 2.05) is 0 Å². The number of nitrogen functional groups attached to an aromatic ring is 2. The van der Waals surface area contributed by atoms with Gasteiger partial charge in [0.1, 0.15) is 17.1 Å². The first-order valence-corrected chi connectivity index (χ1v) is 12.1. The van der Waals surface area contributed by atoms with E-state index in [4.69, 9.17) is 16.2 Å². The third kappa shape index (κ3) is 10.0. The molecule has 0 heterocycles. The number of aliphatic imine (C=N–C) groups is 2. The smallest absolute Gasteiger partial charge is 0.308 e. The van der Waals surface area contributed by atoms with E-state index in [2.05, 4.69) is 16.9 Å². The summed E-state index contributed by atoms with van der Waals surface area (Å²) in [5.74, 6) is -0.750. The van der Waals surface area contributed by atoms with Gasteiger partial charge in [-0.2, -0.15) is 9.98 Å². The number of carbonyl (C=O) groups is 1. The van der Waals surface area contributed by atoms with E-state index in [1.54, 1.807) is 0 Å². The molecular formula is C25H38N4O4. The molecule has 8 heteroatoms. The lowest BCUT2D eigenvalue weighted by atomic mass is 9.99. The van der Waals surface area contributed by atoms with E-state index >= 15 is 0 Å². The summed E-state index contributed by atoms with van der Waals surface area (Å²) in [5, 5.41) is 0. The first-order chi connectivity index (χ1) is 16.0. The Kier molecular flexibility index (Phi) is 14.2. The van der Waals surface area contributed by atoms with Crippen molar-refractivity contribution in [2.24, 2.45) is 9.98 Å². The quantitative estimate of drug-likeness (QED) is 0.0697. The molecule has 4 N–H and O–H groups in total. The molecule has 0 fully saturated rings. The minimum atomic E-state index is -0.637. The fourth-order valence-corrected chi connectivity index (χ4v) is 3.93. The number of rotatable bonds is 17. The van der Waals surface area contributed by atoms with Gasteiger partial charge in [-0.1, -0.05) is 84.0 Å². The fourth-order valence-electron chi connectivity index (χ4n) is 3.93. The van der Waals surface area contributed by atoms with Crippen LogP contribution in [-0.2, 0) is 20.8 Å². The summed E-state index contributed by atoms with van der Waals surface area (Å²) in [6.07, 6.45) is 19.1. The SMILES string of the molecule is CCCCCCCCCCCCCCCc1c(N=C=O)c(N)c(N)c(OC(C)=O)c1N=C=O. The standard InChI is InChI=1S/C25H38N4O4/c1-3-4-5-6-7-8-9-10-11-12-13-14-15-16-20-23(28-17-30)21(26)22(27)25(33-19(2)32)24(20)29-18-31/h3-16,26-27H2,1-2H3. The minimum absolute atomic E-state index is 0.0101. The van der Waals surface area contributed by atoms with Crippen molar-refractivity contribution in [3.05, 3.63) is 5.56 Å². The molecule has 1 aromatic carbocycles. The van der Waals surface area contributed by atoms with Crippen molar-refractivity contribution in [2.45, 2.75) is 104 Å². The Morgan fingerprint density at radius 2 is 1.21 bits per heavy atom. The molecule has 0 saturated carbocycles. The number of hydrogen-bond donors (Lipinski definition) is 2. The zero-order valence-corrected chi connectivity index (χ0v) is 20.1. The van der Waals surface area contributed by atoms with Crippen molar-refractivity contribution in [1.82, 2.24) is 0 Å². The highest BCUT2D eigenvalue weighted by atomic mass is 16.5. The highest BCUT2D eigenvalue weighted by Gasteiger charge is 2.23. The highest BCUT2D eigenvalue weighted by Crippen LogP contribution is 2.48. The second-order valence-electron chi connectivity index (χ2n) is 8.32. The van der Waals surface area contributed by atoms with Crippen LogP contribution in [0.2, 0.25) is 0 Å². The lowest BCUT2D eigenvalue weighted by Gasteiger charge is -2.17. The Morgan fingerprint density at radius 1 is 0.758 bits per heavy atom. The van der Waals surface area contributed by atoms with Gasteiger partial charge in [0, 0.05) is 12.5 Å². The van der Waals surface area contributed by atoms with E-state index < -0.39 is 5.97 Å². The summed E-state index contributed by atoms with van der Waals surface area (Å²) in [5.41, 5.74) is 12.4. The molecule has 0 amide bonds. The Morgan fingerprint density at radius 3 is 1.67 bits per heavy atom. The lowest BCUT2D eigenvalue weighted by molar-refractivity contribution is -0.131. The molecule has 0 aromatic heterocycles. The molecule has 0 unspecified atom stereocenters. The van der Waals surface area contributed by atoms with Crippen molar-refractivity contribution in [1.29, 1.82) is 0 Å². The lowest BCUT2D eigenvalue weighted by Crippen LogP contribution is -2.08. The zero-order chi connectivity index (χ0) is 24.5. The molecule has 182 valence electrons. The summed E-state index contributed by atoms with van der Waals surface area (Å²) in [4.78, 5) is 40.8. The molecule has 0 radical (unpaired) electrons. The molecule has 0 spiro atoms. The maximum absolute atomic E-state index is 11.5. The van der Waals surface area contributed by atoms with Crippen LogP contribution in [0, 0.1) is 0 Å². The molecule has 1 aromatic rings. The van der Waals surface area contributed by atoms with Gasteiger partial charge in [0.2, 0.25) is 12.2 Å². The van der Waals surface area contributed by atoms with E-state index in [-0.39, 0.29) is 28.5 Å². The van der Waals surface area contributed by atoms with Crippen LogP contribution in [0.25, 0.3) is 0 Å².